The first kappa shape index (κ1) is 33.8. The Kier molecular flexibility index (Phi) is 9.33. The molecule has 3 heterocycles. The van der Waals surface area contributed by atoms with Gasteiger partial charge in [-0.3, -0.25) is 14.5 Å². The minimum Gasteiger partial charge on any atom is -0.446 e. The molecule has 2 aromatic heterocycles. The topological polar surface area (TPSA) is 110 Å². The van der Waals surface area contributed by atoms with E-state index >= 15 is 0 Å². The minimum absolute atomic E-state index is 0.0580. The summed E-state index contributed by atoms with van der Waals surface area (Å²) in [6, 6.07) is 13.7. The first-order chi connectivity index (χ1) is 23.5. The Balaban J connectivity index is 1.09. The molecule has 4 saturated carbocycles. The Morgan fingerprint density at radius 3 is 2.18 bits per heavy atom. The molecule has 4 aliphatic carbocycles. The summed E-state index contributed by atoms with van der Waals surface area (Å²) < 4.78 is 7.69. The molecule has 9 heteroatoms. The summed E-state index contributed by atoms with van der Waals surface area (Å²) in [4.78, 5) is 33.0. The van der Waals surface area contributed by atoms with Crippen LogP contribution in [0.15, 0.2) is 55.0 Å². The SMILES string of the molecule is CC(C)c1ccc(C23CCC(C(NC(=O)C4CCC(OC(=O)N5CC(O)C5)CC4)c4cc(-c5cnn(C(C)C)c5)ccn4)(CC2)CC3)cc1. The molecule has 9 nitrogen and oxygen atoms in total. The van der Waals surface area contributed by atoms with Gasteiger partial charge in [-0.15, -0.1) is 0 Å². The number of carbonyl (C=O) groups excluding carboxylic acids is 2. The number of carbonyl (C=O) groups is 2. The molecule has 2 amide bonds. The maximum atomic E-state index is 14.1. The van der Waals surface area contributed by atoms with Gasteiger partial charge in [0.15, 0.2) is 0 Å². The Bertz CT molecular complexity index is 1610. The molecule has 1 aliphatic heterocycles. The van der Waals surface area contributed by atoms with Gasteiger partial charge >= 0.3 is 6.09 Å². The third kappa shape index (κ3) is 6.75. The van der Waals surface area contributed by atoms with Crippen molar-refractivity contribution in [1.29, 1.82) is 0 Å². The highest BCUT2D eigenvalue weighted by molar-refractivity contribution is 5.79. The molecule has 1 aromatic carbocycles. The van der Waals surface area contributed by atoms with Crippen molar-refractivity contribution in [2.45, 2.75) is 128 Å². The molecule has 2 N–H and O–H groups in total. The lowest BCUT2D eigenvalue weighted by molar-refractivity contribution is -0.129. The number of β-amino-alcohol motifs (C(OH)–C–C–N with tert-alkyl or cyclic N) is 1. The predicted octanol–water partition coefficient (Wildman–Crippen LogP) is 7.47. The molecular weight excluding hydrogens is 614 g/mol. The zero-order valence-corrected chi connectivity index (χ0v) is 29.6. The molecule has 1 saturated heterocycles. The van der Waals surface area contributed by atoms with E-state index in [1.165, 1.54) is 16.0 Å². The van der Waals surface area contributed by atoms with Crippen LogP contribution in [0.3, 0.4) is 0 Å². The summed E-state index contributed by atoms with van der Waals surface area (Å²) in [5.41, 5.74) is 6.05. The van der Waals surface area contributed by atoms with Crippen LogP contribution in [0.1, 0.15) is 127 Å². The van der Waals surface area contributed by atoms with Gasteiger partial charge in [0, 0.05) is 29.9 Å². The van der Waals surface area contributed by atoms with E-state index in [0.717, 1.165) is 55.3 Å². The Morgan fingerprint density at radius 2 is 1.59 bits per heavy atom. The van der Waals surface area contributed by atoms with Crippen LogP contribution in [0, 0.1) is 11.3 Å². The molecule has 0 spiro atoms. The average molecular weight is 668 g/mol. The Morgan fingerprint density at radius 1 is 0.918 bits per heavy atom. The summed E-state index contributed by atoms with van der Waals surface area (Å²) in [5, 5.41) is 17.7. The van der Waals surface area contributed by atoms with Crippen molar-refractivity contribution in [3.63, 3.8) is 0 Å². The molecule has 5 aliphatic rings. The second kappa shape index (κ2) is 13.5. The number of benzene rings is 1. The monoisotopic (exact) mass is 667 g/mol. The number of pyridine rings is 1. The largest absolute Gasteiger partial charge is 0.446 e. The van der Waals surface area contributed by atoms with Crippen molar-refractivity contribution in [3.05, 3.63) is 71.8 Å². The first-order valence-electron chi connectivity index (χ1n) is 18.6. The molecule has 5 fully saturated rings. The number of aliphatic hydroxyl groups is 1. The average Bonchev–Trinajstić information content (AvgIpc) is 3.61. The summed E-state index contributed by atoms with van der Waals surface area (Å²) in [6.45, 7) is 9.41. The maximum absolute atomic E-state index is 14.1. The Labute approximate surface area is 290 Å². The lowest BCUT2D eigenvalue weighted by Gasteiger charge is -2.56. The number of nitrogens with zero attached hydrogens (tertiary/aromatic N) is 4. The fraction of sp³-hybridized carbons (Fsp3) is 0.600. The van der Waals surface area contributed by atoms with Crippen molar-refractivity contribution < 1.29 is 19.4 Å². The van der Waals surface area contributed by atoms with Gasteiger partial charge in [-0.1, -0.05) is 38.1 Å². The molecule has 1 atom stereocenters. The number of likely N-dealkylation sites (tertiary alicyclic amines) is 1. The number of ether oxygens (including phenoxy) is 1. The van der Waals surface area contributed by atoms with Crippen molar-refractivity contribution in [1.82, 2.24) is 25.0 Å². The predicted molar refractivity (Wildman–Crippen MR) is 189 cm³/mol. The highest BCUT2D eigenvalue weighted by Crippen LogP contribution is 2.62. The fourth-order valence-electron chi connectivity index (χ4n) is 8.92. The van der Waals surface area contributed by atoms with E-state index in [1.807, 2.05) is 23.1 Å². The highest BCUT2D eigenvalue weighted by atomic mass is 16.6. The standard InChI is InChI=1S/C40H53N5O4/c1-26(2)28-5-9-32(10-6-28)39-14-17-40(18-15-39,19-16-39)36(35-21-30(13-20-41-35)31-22-42-45(23-31)27(3)4)43-37(47)29-7-11-34(12-8-29)49-38(48)44-24-33(46)25-44/h5-6,9-10,13,20-23,26-27,29,33-34,36,46H,7-8,11-12,14-19,24-25H2,1-4H3,(H,43,47). The van der Waals surface area contributed by atoms with Crippen LogP contribution in [-0.4, -0.2) is 62.1 Å². The van der Waals surface area contributed by atoms with E-state index in [9.17, 15) is 14.7 Å². The summed E-state index contributed by atoms with van der Waals surface area (Å²) in [7, 11) is 0. The number of aromatic nitrogens is 3. The van der Waals surface area contributed by atoms with Gasteiger partial charge in [-0.25, -0.2) is 4.79 Å². The van der Waals surface area contributed by atoms with Gasteiger partial charge in [0.05, 0.1) is 37.1 Å². The van der Waals surface area contributed by atoms with Crippen molar-refractivity contribution in [2.75, 3.05) is 13.1 Å². The molecule has 3 aromatic rings. The van der Waals surface area contributed by atoms with Gasteiger partial charge in [0.2, 0.25) is 5.91 Å². The summed E-state index contributed by atoms with van der Waals surface area (Å²) in [5.74, 6) is 0.481. The van der Waals surface area contributed by atoms with Crippen molar-refractivity contribution in [2.24, 2.45) is 11.3 Å². The van der Waals surface area contributed by atoms with E-state index in [-0.39, 0.29) is 46.9 Å². The van der Waals surface area contributed by atoms with Crippen LogP contribution in [0.5, 0.6) is 0 Å². The molecule has 0 radical (unpaired) electrons. The minimum atomic E-state index is -0.451. The van der Waals surface area contributed by atoms with Crippen LogP contribution in [0.4, 0.5) is 4.79 Å². The van der Waals surface area contributed by atoms with Gasteiger partial charge < -0.3 is 20.1 Å². The lowest BCUT2D eigenvalue weighted by atomic mass is 9.49. The van der Waals surface area contributed by atoms with Crippen molar-refractivity contribution >= 4 is 12.0 Å². The number of amides is 2. The molecule has 2 bridgehead atoms. The number of hydrogen-bond acceptors (Lipinski definition) is 6. The van der Waals surface area contributed by atoms with E-state index in [2.05, 4.69) is 74.6 Å². The van der Waals surface area contributed by atoms with Gasteiger partial charge in [-0.05, 0) is 124 Å². The van der Waals surface area contributed by atoms with E-state index < -0.39 is 6.10 Å². The van der Waals surface area contributed by atoms with E-state index in [1.54, 1.807) is 0 Å². The molecule has 49 heavy (non-hydrogen) atoms. The smallest absolute Gasteiger partial charge is 0.410 e. The lowest BCUT2D eigenvalue weighted by Crippen LogP contribution is -2.54. The fourth-order valence-corrected chi connectivity index (χ4v) is 8.92. The van der Waals surface area contributed by atoms with Crippen LogP contribution >= 0.6 is 0 Å². The summed E-state index contributed by atoms with van der Waals surface area (Å²) >= 11 is 0. The molecular formula is C40H53N5O4. The number of rotatable bonds is 9. The second-order valence-electron chi connectivity index (χ2n) is 16.0. The second-order valence-corrected chi connectivity index (χ2v) is 16.0. The van der Waals surface area contributed by atoms with Gasteiger partial charge in [-0.2, -0.15) is 5.10 Å². The van der Waals surface area contributed by atoms with Gasteiger partial charge in [0.1, 0.15) is 6.10 Å². The van der Waals surface area contributed by atoms with Crippen molar-refractivity contribution in [3.8, 4) is 11.1 Å². The Hall–Kier alpha value is -3.72. The molecule has 262 valence electrons. The highest BCUT2D eigenvalue weighted by Gasteiger charge is 2.54. The number of fused-ring (bicyclic) bond motifs is 3. The molecule has 1 unspecified atom stereocenters. The van der Waals surface area contributed by atoms with Crippen LogP contribution in [-0.2, 0) is 14.9 Å². The first-order valence-corrected chi connectivity index (χ1v) is 18.6. The zero-order chi connectivity index (χ0) is 34.3. The number of aliphatic hydroxyl groups excluding tert-OH is 1. The number of hydrogen-bond donors (Lipinski definition) is 2. The van der Waals surface area contributed by atoms with E-state index in [4.69, 9.17) is 9.72 Å². The van der Waals surface area contributed by atoms with Crippen LogP contribution in [0.25, 0.3) is 11.1 Å². The molecule has 8 rings (SSSR count). The summed E-state index contributed by atoms with van der Waals surface area (Å²) in [6.07, 6.45) is 14.1. The number of nitrogens with one attached hydrogen (secondary N) is 1. The van der Waals surface area contributed by atoms with Crippen LogP contribution in [0.2, 0.25) is 0 Å². The maximum Gasteiger partial charge on any atom is 0.410 e. The quantitative estimate of drug-likeness (QED) is 0.245. The zero-order valence-electron chi connectivity index (χ0n) is 29.6. The normalized spacial score (nSPS) is 27.6. The third-order valence-corrected chi connectivity index (χ3v) is 12.4. The third-order valence-electron chi connectivity index (χ3n) is 12.4. The van der Waals surface area contributed by atoms with E-state index in [0.29, 0.717) is 44.7 Å². The van der Waals surface area contributed by atoms with Crippen LogP contribution < -0.4 is 5.32 Å². The van der Waals surface area contributed by atoms with Gasteiger partial charge in [0.25, 0.3) is 0 Å².